The summed E-state index contributed by atoms with van der Waals surface area (Å²) < 4.78 is 0. The van der Waals surface area contributed by atoms with Crippen LogP contribution < -0.4 is 5.73 Å². The maximum Gasteiger partial charge on any atom is 0.254 e. The highest BCUT2D eigenvalue weighted by atomic mass is 16.4. The fourth-order valence-electron chi connectivity index (χ4n) is 2.83. The molecule has 5 heteroatoms. The van der Waals surface area contributed by atoms with Gasteiger partial charge in [-0.05, 0) is 49.9 Å². The molecule has 2 rings (SSSR count). The van der Waals surface area contributed by atoms with Crippen molar-refractivity contribution >= 4 is 11.7 Å². The van der Waals surface area contributed by atoms with Gasteiger partial charge < -0.3 is 15.8 Å². The maximum absolute atomic E-state index is 12.8. The van der Waals surface area contributed by atoms with Gasteiger partial charge in [-0.3, -0.25) is 4.79 Å². The lowest BCUT2D eigenvalue weighted by atomic mass is 10.0. The van der Waals surface area contributed by atoms with E-state index in [4.69, 9.17) is 10.9 Å². The average Bonchev–Trinajstić information content (AvgIpc) is 3.00. The Labute approximate surface area is 125 Å². The molecule has 1 aromatic rings. The Morgan fingerprint density at radius 2 is 2.00 bits per heavy atom. The number of rotatable bonds is 4. The summed E-state index contributed by atoms with van der Waals surface area (Å²) in [6, 6.07) is 5.89. The molecule has 3 N–H and O–H groups in total. The second-order valence-electron chi connectivity index (χ2n) is 5.76. The highest BCUT2D eigenvalue weighted by Crippen LogP contribution is 2.25. The molecular weight excluding hydrogens is 266 g/mol. The number of hydrogen-bond acceptors (Lipinski definition) is 3. The van der Waals surface area contributed by atoms with E-state index < -0.39 is 0 Å². The van der Waals surface area contributed by atoms with Crippen LogP contribution in [0.5, 0.6) is 0 Å². The van der Waals surface area contributed by atoms with Crippen LogP contribution in [0.2, 0.25) is 0 Å². The molecule has 0 spiro atoms. The Morgan fingerprint density at radius 3 is 2.57 bits per heavy atom. The average molecular weight is 289 g/mol. The minimum Gasteiger partial charge on any atom is -0.409 e. The molecule has 1 aliphatic rings. The van der Waals surface area contributed by atoms with Crippen LogP contribution in [0.4, 0.5) is 0 Å². The summed E-state index contributed by atoms with van der Waals surface area (Å²) in [5.41, 5.74) is 8.54. The van der Waals surface area contributed by atoms with Gasteiger partial charge in [0, 0.05) is 11.6 Å². The third-order valence-electron chi connectivity index (χ3n) is 4.24. The van der Waals surface area contributed by atoms with Crippen molar-refractivity contribution in [3.63, 3.8) is 0 Å². The van der Waals surface area contributed by atoms with E-state index >= 15 is 0 Å². The predicted octanol–water partition coefficient (Wildman–Crippen LogP) is 2.43. The van der Waals surface area contributed by atoms with Crippen molar-refractivity contribution in [3.05, 3.63) is 34.9 Å². The Kier molecular flexibility index (Phi) is 4.83. The van der Waals surface area contributed by atoms with E-state index in [1.165, 1.54) is 0 Å². The molecule has 0 aromatic heterocycles. The van der Waals surface area contributed by atoms with E-state index in [1.54, 1.807) is 4.90 Å². The minimum atomic E-state index is -0.0448. The highest BCUT2D eigenvalue weighted by molar-refractivity contribution is 5.97. The van der Waals surface area contributed by atoms with Crippen LogP contribution in [0.1, 0.15) is 47.2 Å². The summed E-state index contributed by atoms with van der Waals surface area (Å²) in [7, 11) is 0. The summed E-state index contributed by atoms with van der Waals surface area (Å²) in [4.78, 5) is 14.5. The minimum absolute atomic E-state index is 0.0448. The molecule has 0 heterocycles. The number of oxime groups is 1. The summed E-state index contributed by atoms with van der Waals surface area (Å²) in [6.07, 6.45) is 4.21. The molecule has 0 saturated heterocycles. The normalized spacial score (nSPS) is 16.2. The Hall–Kier alpha value is -2.04. The molecule has 0 radical (unpaired) electrons. The standard InChI is InChI=1S/C16H23N3O2/c1-11-7-8-13(9-12(11)2)16(20)19(10-15(17)18-21)14-5-3-4-6-14/h7-9,14,21H,3-6,10H2,1-2H3,(H2,17,18). The predicted molar refractivity (Wildman–Crippen MR) is 82.6 cm³/mol. The molecule has 0 aliphatic heterocycles. The van der Waals surface area contributed by atoms with Gasteiger partial charge in [-0.2, -0.15) is 0 Å². The smallest absolute Gasteiger partial charge is 0.254 e. The molecule has 1 aromatic carbocycles. The van der Waals surface area contributed by atoms with Crippen molar-refractivity contribution in [2.45, 2.75) is 45.6 Å². The Balaban J connectivity index is 2.25. The van der Waals surface area contributed by atoms with E-state index in [0.29, 0.717) is 5.56 Å². The van der Waals surface area contributed by atoms with Gasteiger partial charge in [-0.1, -0.05) is 24.1 Å². The molecule has 0 bridgehead atoms. The van der Waals surface area contributed by atoms with Gasteiger partial charge in [0.25, 0.3) is 5.91 Å². The van der Waals surface area contributed by atoms with Crippen molar-refractivity contribution in [1.29, 1.82) is 0 Å². The first-order valence-electron chi connectivity index (χ1n) is 7.37. The van der Waals surface area contributed by atoms with E-state index in [-0.39, 0.29) is 24.3 Å². The van der Waals surface area contributed by atoms with Gasteiger partial charge in [-0.15, -0.1) is 0 Å². The zero-order valence-corrected chi connectivity index (χ0v) is 12.7. The van der Waals surface area contributed by atoms with E-state index in [9.17, 15) is 4.79 Å². The van der Waals surface area contributed by atoms with Gasteiger partial charge in [0.05, 0.1) is 6.54 Å². The first-order valence-corrected chi connectivity index (χ1v) is 7.37. The molecule has 1 fully saturated rings. The van der Waals surface area contributed by atoms with Crippen LogP contribution in [0.15, 0.2) is 23.4 Å². The molecule has 1 saturated carbocycles. The number of amidine groups is 1. The van der Waals surface area contributed by atoms with Crippen LogP contribution in [0, 0.1) is 13.8 Å². The lowest BCUT2D eigenvalue weighted by Crippen LogP contribution is -2.44. The Bertz CT molecular complexity index is 548. The third-order valence-corrected chi connectivity index (χ3v) is 4.24. The summed E-state index contributed by atoms with van der Waals surface area (Å²) in [5.74, 6) is 0.0238. The molecule has 114 valence electrons. The topological polar surface area (TPSA) is 78.9 Å². The van der Waals surface area contributed by atoms with Gasteiger partial charge in [0.1, 0.15) is 0 Å². The maximum atomic E-state index is 12.8. The van der Waals surface area contributed by atoms with Crippen molar-refractivity contribution in [2.24, 2.45) is 10.9 Å². The first kappa shape index (κ1) is 15.4. The fourth-order valence-corrected chi connectivity index (χ4v) is 2.83. The van der Waals surface area contributed by atoms with E-state index in [1.807, 2.05) is 32.0 Å². The number of carbonyl (C=O) groups excluding carboxylic acids is 1. The lowest BCUT2D eigenvalue weighted by Gasteiger charge is -2.28. The summed E-state index contributed by atoms with van der Waals surface area (Å²) in [6.45, 7) is 4.19. The molecule has 0 unspecified atom stereocenters. The van der Waals surface area contributed by atoms with Crippen molar-refractivity contribution in [1.82, 2.24) is 4.90 Å². The summed E-state index contributed by atoms with van der Waals surface area (Å²) >= 11 is 0. The number of aryl methyl sites for hydroxylation is 2. The molecule has 1 aliphatic carbocycles. The first-order chi connectivity index (χ1) is 10.0. The van der Waals surface area contributed by atoms with E-state index in [2.05, 4.69) is 5.16 Å². The fraction of sp³-hybridized carbons (Fsp3) is 0.500. The number of nitrogens with two attached hydrogens (primary N) is 1. The van der Waals surface area contributed by atoms with Crippen LogP contribution >= 0.6 is 0 Å². The second-order valence-corrected chi connectivity index (χ2v) is 5.76. The Morgan fingerprint density at radius 1 is 1.33 bits per heavy atom. The van der Waals surface area contributed by atoms with Gasteiger partial charge in [0.2, 0.25) is 0 Å². The quantitative estimate of drug-likeness (QED) is 0.387. The third kappa shape index (κ3) is 3.54. The zero-order valence-electron chi connectivity index (χ0n) is 12.7. The summed E-state index contributed by atoms with van der Waals surface area (Å²) in [5, 5.41) is 11.8. The monoisotopic (exact) mass is 289 g/mol. The number of amides is 1. The molecule has 5 nitrogen and oxygen atoms in total. The van der Waals surface area contributed by atoms with Crippen molar-refractivity contribution < 1.29 is 10.0 Å². The molecule has 0 atom stereocenters. The zero-order chi connectivity index (χ0) is 15.4. The van der Waals surface area contributed by atoms with Crippen LogP contribution in [-0.4, -0.2) is 34.4 Å². The molecule has 1 amide bonds. The molecule has 21 heavy (non-hydrogen) atoms. The van der Waals surface area contributed by atoms with Gasteiger partial charge in [-0.25, -0.2) is 0 Å². The van der Waals surface area contributed by atoms with Gasteiger partial charge >= 0.3 is 0 Å². The van der Waals surface area contributed by atoms with Crippen LogP contribution in [0.25, 0.3) is 0 Å². The van der Waals surface area contributed by atoms with Crippen molar-refractivity contribution in [2.75, 3.05) is 6.54 Å². The number of hydrogen-bond donors (Lipinski definition) is 2. The molecular formula is C16H23N3O2. The largest absolute Gasteiger partial charge is 0.409 e. The number of benzene rings is 1. The van der Waals surface area contributed by atoms with Gasteiger partial charge in [0.15, 0.2) is 5.84 Å². The van der Waals surface area contributed by atoms with Crippen LogP contribution in [-0.2, 0) is 0 Å². The SMILES string of the molecule is Cc1ccc(C(=O)N(CC(N)=NO)C2CCCC2)cc1C. The van der Waals surface area contributed by atoms with E-state index in [0.717, 1.165) is 36.8 Å². The number of carbonyl (C=O) groups is 1. The second kappa shape index (κ2) is 6.61. The highest BCUT2D eigenvalue weighted by Gasteiger charge is 2.28. The van der Waals surface area contributed by atoms with Crippen LogP contribution in [0.3, 0.4) is 0 Å². The lowest BCUT2D eigenvalue weighted by molar-refractivity contribution is 0.0712. The number of nitrogens with zero attached hydrogens (tertiary/aromatic N) is 2. The van der Waals surface area contributed by atoms with Crippen molar-refractivity contribution in [3.8, 4) is 0 Å².